The zero-order valence-corrected chi connectivity index (χ0v) is 14.8. The summed E-state index contributed by atoms with van der Waals surface area (Å²) in [4.78, 5) is 17.4. The summed E-state index contributed by atoms with van der Waals surface area (Å²) in [6.07, 6.45) is 1.41. The molecule has 0 saturated carbocycles. The number of rotatable bonds is 4. The topological polar surface area (TPSA) is 54.4 Å². The van der Waals surface area contributed by atoms with Crippen molar-refractivity contribution in [2.24, 2.45) is 5.10 Å². The summed E-state index contributed by atoms with van der Waals surface area (Å²) in [6.45, 7) is 0. The van der Waals surface area contributed by atoms with Crippen LogP contribution in [-0.4, -0.2) is 17.1 Å². The van der Waals surface area contributed by atoms with Gasteiger partial charge < -0.3 is 0 Å². The first-order valence-corrected chi connectivity index (χ1v) is 8.75. The maximum absolute atomic E-state index is 13.2. The van der Waals surface area contributed by atoms with Crippen LogP contribution in [0.4, 0.5) is 4.39 Å². The summed E-state index contributed by atoms with van der Waals surface area (Å²) < 4.78 is 13.2. The van der Waals surface area contributed by atoms with Crippen molar-refractivity contribution in [2.75, 3.05) is 0 Å². The summed E-state index contributed by atoms with van der Waals surface area (Å²) in [5.74, 6) is -0.716. The predicted octanol–water partition coefficient (Wildman–Crippen LogP) is 4.80. The number of para-hydroxylation sites is 1. The van der Waals surface area contributed by atoms with Gasteiger partial charge in [-0.15, -0.1) is 0 Å². The third kappa shape index (κ3) is 3.78. The molecule has 28 heavy (non-hydrogen) atoms. The molecule has 0 fully saturated rings. The van der Waals surface area contributed by atoms with E-state index in [1.807, 2.05) is 54.6 Å². The lowest BCUT2D eigenvalue weighted by Gasteiger charge is -2.09. The van der Waals surface area contributed by atoms with E-state index in [0.717, 1.165) is 16.5 Å². The molecule has 1 amide bonds. The second-order valence-corrected chi connectivity index (χ2v) is 6.19. The number of carbonyl (C=O) groups is 1. The number of aromatic nitrogens is 1. The number of fused-ring (bicyclic) bond motifs is 1. The normalized spacial score (nSPS) is 11.0. The predicted molar refractivity (Wildman–Crippen MR) is 109 cm³/mol. The molecule has 3 aromatic carbocycles. The van der Waals surface area contributed by atoms with E-state index in [4.69, 9.17) is 0 Å². The lowest BCUT2D eigenvalue weighted by molar-refractivity contribution is 0.0956. The standard InChI is InChI=1S/C23H16FN3O/c24-18-10-6-7-16(13-18)15-25-27-23(28)20-14-22(17-8-2-1-3-9-17)26-21-12-5-4-11-19(20)21/h1-15H,(H,27,28)/b25-15-. The fourth-order valence-corrected chi connectivity index (χ4v) is 2.93. The molecule has 0 atom stereocenters. The van der Waals surface area contributed by atoms with Gasteiger partial charge in [0.25, 0.3) is 5.91 Å². The highest BCUT2D eigenvalue weighted by Gasteiger charge is 2.13. The van der Waals surface area contributed by atoms with Gasteiger partial charge in [0.1, 0.15) is 5.82 Å². The number of pyridine rings is 1. The molecule has 1 aromatic heterocycles. The molecule has 0 saturated heterocycles. The van der Waals surface area contributed by atoms with Crippen molar-refractivity contribution >= 4 is 23.0 Å². The lowest BCUT2D eigenvalue weighted by Crippen LogP contribution is -2.18. The van der Waals surface area contributed by atoms with E-state index in [0.29, 0.717) is 16.8 Å². The molecule has 0 unspecified atom stereocenters. The average Bonchev–Trinajstić information content (AvgIpc) is 2.73. The van der Waals surface area contributed by atoms with Crippen LogP contribution in [0.1, 0.15) is 15.9 Å². The number of hydrazone groups is 1. The molecule has 0 spiro atoms. The van der Waals surface area contributed by atoms with Gasteiger partial charge in [0, 0.05) is 10.9 Å². The Morgan fingerprint density at radius 1 is 0.929 bits per heavy atom. The van der Waals surface area contributed by atoms with Gasteiger partial charge in [-0.3, -0.25) is 4.79 Å². The first kappa shape index (κ1) is 17.5. The summed E-state index contributed by atoms with van der Waals surface area (Å²) >= 11 is 0. The molecule has 4 nitrogen and oxygen atoms in total. The Labute approximate surface area is 161 Å². The SMILES string of the molecule is O=C(N/N=C\c1cccc(F)c1)c1cc(-c2ccccc2)nc2ccccc12. The molecule has 4 aromatic rings. The number of amides is 1. The number of halogens is 1. The third-order valence-corrected chi connectivity index (χ3v) is 4.26. The molecule has 0 radical (unpaired) electrons. The Balaban J connectivity index is 1.67. The number of nitrogens with zero attached hydrogens (tertiary/aromatic N) is 2. The molecule has 0 aliphatic carbocycles. The number of carbonyl (C=O) groups excluding carboxylic acids is 1. The molecule has 136 valence electrons. The molecular formula is C23H16FN3O. The van der Waals surface area contributed by atoms with Crippen LogP contribution >= 0.6 is 0 Å². The van der Waals surface area contributed by atoms with Crippen LogP contribution in [0.5, 0.6) is 0 Å². The van der Waals surface area contributed by atoms with Gasteiger partial charge in [-0.2, -0.15) is 5.10 Å². The van der Waals surface area contributed by atoms with Crippen molar-refractivity contribution in [1.29, 1.82) is 0 Å². The van der Waals surface area contributed by atoms with Crippen LogP contribution in [0.3, 0.4) is 0 Å². The fourth-order valence-electron chi connectivity index (χ4n) is 2.93. The second-order valence-electron chi connectivity index (χ2n) is 6.19. The molecule has 0 bridgehead atoms. The van der Waals surface area contributed by atoms with Gasteiger partial charge >= 0.3 is 0 Å². The largest absolute Gasteiger partial charge is 0.272 e. The van der Waals surface area contributed by atoms with Crippen LogP contribution in [0, 0.1) is 5.82 Å². The van der Waals surface area contributed by atoms with Crippen molar-refractivity contribution in [3.8, 4) is 11.3 Å². The minimum absolute atomic E-state index is 0.358. The number of hydrogen-bond acceptors (Lipinski definition) is 3. The first-order valence-electron chi connectivity index (χ1n) is 8.75. The molecular weight excluding hydrogens is 353 g/mol. The minimum atomic E-state index is -0.358. The molecule has 5 heteroatoms. The average molecular weight is 369 g/mol. The van der Waals surface area contributed by atoms with Crippen molar-refractivity contribution in [2.45, 2.75) is 0 Å². The Morgan fingerprint density at radius 2 is 1.71 bits per heavy atom. The van der Waals surface area contributed by atoms with Crippen molar-refractivity contribution < 1.29 is 9.18 Å². The van der Waals surface area contributed by atoms with Crippen molar-refractivity contribution in [3.05, 3.63) is 102 Å². The van der Waals surface area contributed by atoms with E-state index in [2.05, 4.69) is 15.5 Å². The second kappa shape index (κ2) is 7.80. The van der Waals surface area contributed by atoms with Gasteiger partial charge in [0.15, 0.2) is 0 Å². The quantitative estimate of drug-likeness (QED) is 0.415. The summed E-state index contributed by atoms with van der Waals surface area (Å²) in [5, 5.41) is 4.69. The monoisotopic (exact) mass is 369 g/mol. The number of hydrogen-bond donors (Lipinski definition) is 1. The maximum Gasteiger partial charge on any atom is 0.272 e. The summed E-state index contributed by atoms with van der Waals surface area (Å²) in [5.41, 5.74) is 5.90. The summed E-state index contributed by atoms with van der Waals surface area (Å²) in [6, 6.07) is 24.9. The molecule has 0 aliphatic rings. The highest BCUT2D eigenvalue weighted by atomic mass is 19.1. The number of nitrogens with one attached hydrogen (secondary N) is 1. The zero-order chi connectivity index (χ0) is 19.3. The summed E-state index contributed by atoms with van der Waals surface area (Å²) in [7, 11) is 0. The Bertz CT molecular complexity index is 1170. The molecule has 1 heterocycles. The fraction of sp³-hybridized carbons (Fsp3) is 0. The van der Waals surface area contributed by atoms with Crippen LogP contribution in [0.25, 0.3) is 22.2 Å². The van der Waals surface area contributed by atoms with Crippen LogP contribution in [0.15, 0.2) is 90.0 Å². The third-order valence-electron chi connectivity index (χ3n) is 4.26. The Hall–Kier alpha value is -3.86. The van der Waals surface area contributed by atoms with Gasteiger partial charge in [-0.25, -0.2) is 14.8 Å². The van der Waals surface area contributed by atoms with E-state index in [1.165, 1.54) is 18.3 Å². The van der Waals surface area contributed by atoms with E-state index in [1.54, 1.807) is 18.2 Å². The highest BCUT2D eigenvalue weighted by Crippen LogP contribution is 2.24. The molecule has 1 N–H and O–H groups in total. The maximum atomic E-state index is 13.2. The van der Waals surface area contributed by atoms with Gasteiger partial charge in [-0.05, 0) is 29.8 Å². The van der Waals surface area contributed by atoms with E-state index in [9.17, 15) is 9.18 Å². The van der Waals surface area contributed by atoms with Crippen molar-refractivity contribution in [3.63, 3.8) is 0 Å². The van der Waals surface area contributed by atoms with Gasteiger partial charge in [-0.1, -0.05) is 60.7 Å². The van der Waals surface area contributed by atoms with E-state index >= 15 is 0 Å². The molecule has 4 rings (SSSR count). The Kier molecular flexibility index (Phi) is 4.89. The lowest BCUT2D eigenvalue weighted by atomic mass is 10.0. The van der Waals surface area contributed by atoms with Gasteiger partial charge in [0.2, 0.25) is 0 Å². The smallest absolute Gasteiger partial charge is 0.267 e. The Morgan fingerprint density at radius 3 is 2.54 bits per heavy atom. The highest BCUT2D eigenvalue weighted by molar-refractivity contribution is 6.07. The van der Waals surface area contributed by atoms with Gasteiger partial charge in [0.05, 0.1) is 23.0 Å². The molecule has 0 aliphatic heterocycles. The first-order chi connectivity index (χ1) is 13.7. The van der Waals surface area contributed by atoms with Crippen LogP contribution in [0.2, 0.25) is 0 Å². The van der Waals surface area contributed by atoms with E-state index in [-0.39, 0.29) is 11.7 Å². The zero-order valence-electron chi connectivity index (χ0n) is 14.8. The minimum Gasteiger partial charge on any atom is -0.267 e. The van der Waals surface area contributed by atoms with Crippen LogP contribution < -0.4 is 5.43 Å². The van der Waals surface area contributed by atoms with Crippen LogP contribution in [-0.2, 0) is 0 Å². The number of benzene rings is 3. The van der Waals surface area contributed by atoms with E-state index < -0.39 is 0 Å². The van der Waals surface area contributed by atoms with Crippen molar-refractivity contribution in [1.82, 2.24) is 10.4 Å².